The van der Waals surface area contributed by atoms with Gasteiger partial charge in [-0.3, -0.25) is 0 Å². The first-order chi connectivity index (χ1) is 8.89. The quantitative estimate of drug-likeness (QED) is 0.680. The standard InChI is InChI=1S/C16H26O3/c1-11-5-6-16(7-12(11)2)8-13(17-10-16)14-9-18-15(3,4)19-14/h13-14H,5-10H2,1-4H3/t13-,14-,16-/m1/s1. The lowest BCUT2D eigenvalue weighted by Gasteiger charge is -2.33. The largest absolute Gasteiger partial charge is 0.375 e. The van der Waals surface area contributed by atoms with Gasteiger partial charge in [-0.2, -0.15) is 0 Å². The Morgan fingerprint density at radius 1 is 1.11 bits per heavy atom. The fourth-order valence-electron chi connectivity index (χ4n) is 3.73. The van der Waals surface area contributed by atoms with Gasteiger partial charge in [-0.05, 0) is 53.4 Å². The highest BCUT2D eigenvalue weighted by atomic mass is 16.7. The zero-order valence-corrected chi connectivity index (χ0v) is 12.6. The normalized spacial score (nSPS) is 42.3. The van der Waals surface area contributed by atoms with Crippen LogP contribution in [0.25, 0.3) is 0 Å². The molecule has 0 aromatic heterocycles. The Morgan fingerprint density at radius 3 is 2.53 bits per heavy atom. The van der Waals surface area contributed by atoms with E-state index in [0.717, 1.165) is 13.0 Å². The molecule has 3 aliphatic rings. The van der Waals surface area contributed by atoms with E-state index in [2.05, 4.69) is 13.8 Å². The molecular weight excluding hydrogens is 240 g/mol. The second-order valence-electron chi connectivity index (χ2n) is 7.16. The summed E-state index contributed by atoms with van der Waals surface area (Å²) in [6.45, 7) is 10.1. The van der Waals surface area contributed by atoms with E-state index in [1.807, 2.05) is 13.8 Å². The molecule has 3 nitrogen and oxygen atoms in total. The summed E-state index contributed by atoms with van der Waals surface area (Å²) in [6, 6.07) is 0. The average molecular weight is 266 g/mol. The van der Waals surface area contributed by atoms with Gasteiger partial charge in [0.05, 0.1) is 19.3 Å². The summed E-state index contributed by atoms with van der Waals surface area (Å²) in [5.41, 5.74) is 3.51. The van der Waals surface area contributed by atoms with Gasteiger partial charge in [0, 0.05) is 5.41 Å². The van der Waals surface area contributed by atoms with E-state index in [1.54, 1.807) is 11.1 Å². The minimum atomic E-state index is -0.442. The third kappa shape index (κ3) is 2.61. The maximum atomic E-state index is 6.08. The molecule has 2 fully saturated rings. The summed E-state index contributed by atoms with van der Waals surface area (Å²) >= 11 is 0. The van der Waals surface area contributed by atoms with Crippen LogP contribution in [0.3, 0.4) is 0 Å². The summed E-state index contributed by atoms with van der Waals surface area (Å²) in [6.07, 6.45) is 5.15. The van der Waals surface area contributed by atoms with E-state index in [4.69, 9.17) is 14.2 Å². The fourth-order valence-corrected chi connectivity index (χ4v) is 3.73. The zero-order chi connectivity index (χ0) is 13.7. The first-order valence-electron chi connectivity index (χ1n) is 7.48. The number of ether oxygens (including phenoxy) is 3. The number of hydrogen-bond donors (Lipinski definition) is 0. The van der Waals surface area contributed by atoms with Gasteiger partial charge in [-0.1, -0.05) is 11.1 Å². The molecule has 19 heavy (non-hydrogen) atoms. The Bertz CT molecular complexity index is 399. The van der Waals surface area contributed by atoms with Crippen LogP contribution in [0.15, 0.2) is 11.1 Å². The monoisotopic (exact) mass is 266 g/mol. The smallest absolute Gasteiger partial charge is 0.163 e. The Kier molecular flexibility index (Phi) is 3.27. The van der Waals surface area contributed by atoms with Gasteiger partial charge in [0.1, 0.15) is 6.10 Å². The van der Waals surface area contributed by atoms with Crippen molar-refractivity contribution in [3.05, 3.63) is 11.1 Å². The molecule has 0 aromatic rings. The molecule has 0 unspecified atom stereocenters. The van der Waals surface area contributed by atoms with Crippen molar-refractivity contribution < 1.29 is 14.2 Å². The molecule has 3 heteroatoms. The number of hydrogen-bond acceptors (Lipinski definition) is 3. The van der Waals surface area contributed by atoms with Gasteiger partial charge in [0.2, 0.25) is 0 Å². The van der Waals surface area contributed by atoms with Gasteiger partial charge >= 0.3 is 0 Å². The third-order valence-electron chi connectivity index (χ3n) is 5.08. The minimum absolute atomic E-state index is 0.113. The van der Waals surface area contributed by atoms with Crippen molar-refractivity contribution in [2.24, 2.45) is 5.41 Å². The second-order valence-corrected chi connectivity index (χ2v) is 7.16. The van der Waals surface area contributed by atoms with E-state index in [-0.39, 0.29) is 12.2 Å². The topological polar surface area (TPSA) is 27.7 Å². The van der Waals surface area contributed by atoms with Gasteiger partial charge in [0.25, 0.3) is 0 Å². The van der Waals surface area contributed by atoms with Gasteiger partial charge in [-0.25, -0.2) is 0 Å². The van der Waals surface area contributed by atoms with Crippen molar-refractivity contribution in [2.75, 3.05) is 13.2 Å². The molecule has 0 bridgehead atoms. The summed E-state index contributed by atoms with van der Waals surface area (Å²) in [7, 11) is 0. The third-order valence-corrected chi connectivity index (χ3v) is 5.08. The Labute approximate surface area is 116 Å². The molecular formula is C16H26O3. The highest BCUT2D eigenvalue weighted by molar-refractivity contribution is 5.17. The van der Waals surface area contributed by atoms with E-state index in [1.165, 1.54) is 19.3 Å². The molecule has 1 spiro atoms. The molecule has 0 amide bonds. The number of rotatable bonds is 1. The predicted molar refractivity (Wildman–Crippen MR) is 73.9 cm³/mol. The van der Waals surface area contributed by atoms with Gasteiger partial charge in [-0.15, -0.1) is 0 Å². The Morgan fingerprint density at radius 2 is 1.89 bits per heavy atom. The van der Waals surface area contributed by atoms with Crippen molar-refractivity contribution in [3.8, 4) is 0 Å². The molecule has 2 aliphatic heterocycles. The van der Waals surface area contributed by atoms with Crippen LogP contribution in [0.4, 0.5) is 0 Å². The molecule has 1 aliphatic carbocycles. The second kappa shape index (κ2) is 4.57. The molecule has 3 rings (SSSR count). The van der Waals surface area contributed by atoms with Crippen LogP contribution in [0.5, 0.6) is 0 Å². The first-order valence-corrected chi connectivity index (χ1v) is 7.48. The lowest BCUT2D eigenvalue weighted by Crippen LogP contribution is -2.31. The van der Waals surface area contributed by atoms with E-state index < -0.39 is 5.79 Å². The molecule has 0 N–H and O–H groups in total. The zero-order valence-electron chi connectivity index (χ0n) is 12.6. The van der Waals surface area contributed by atoms with Crippen LogP contribution in [0.1, 0.15) is 53.4 Å². The van der Waals surface area contributed by atoms with Crippen LogP contribution in [-0.2, 0) is 14.2 Å². The van der Waals surface area contributed by atoms with Crippen LogP contribution in [0.2, 0.25) is 0 Å². The summed E-state index contributed by atoms with van der Waals surface area (Å²) in [5, 5.41) is 0. The maximum Gasteiger partial charge on any atom is 0.163 e. The van der Waals surface area contributed by atoms with E-state index in [0.29, 0.717) is 12.0 Å². The molecule has 3 atom stereocenters. The maximum absolute atomic E-state index is 6.08. The molecule has 0 radical (unpaired) electrons. The van der Waals surface area contributed by atoms with Crippen molar-refractivity contribution in [3.63, 3.8) is 0 Å². The average Bonchev–Trinajstić information content (AvgIpc) is 2.89. The summed E-state index contributed by atoms with van der Waals surface area (Å²) in [4.78, 5) is 0. The van der Waals surface area contributed by atoms with Crippen LogP contribution in [-0.4, -0.2) is 31.2 Å². The molecule has 2 heterocycles. The van der Waals surface area contributed by atoms with E-state index in [9.17, 15) is 0 Å². The molecule has 2 saturated heterocycles. The number of allylic oxidation sites excluding steroid dienone is 2. The highest BCUT2D eigenvalue weighted by Gasteiger charge is 2.47. The van der Waals surface area contributed by atoms with Crippen LogP contribution >= 0.6 is 0 Å². The van der Waals surface area contributed by atoms with Gasteiger partial charge in [0.15, 0.2) is 5.79 Å². The van der Waals surface area contributed by atoms with Crippen molar-refractivity contribution in [1.82, 2.24) is 0 Å². The minimum Gasteiger partial charge on any atom is -0.375 e. The fraction of sp³-hybridized carbons (Fsp3) is 0.875. The highest BCUT2D eigenvalue weighted by Crippen LogP contribution is 2.48. The summed E-state index contributed by atoms with van der Waals surface area (Å²) < 4.78 is 17.7. The lowest BCUT2D eigenvalue weighted by atomic mass is 9.70. The Balaban J connectivity index is 1.65. The first kappa shape index (κ1) is 13.6. The van der Waals surface area contributed by atoms with Crippen molar-refractivity contribution in [2.45, 2.75) is 71.4 Å². The molecule has 0 saturated carbocycles. The van der Waals surface area contributed by atoms with Crippen LogP contribution in [0, 0.1) is 5.41 Å². The predicted octanol–water partition coefficient (Wildman–Crippen LogP) is 3.43. The SMILES string of the molecule is CC1=C(C)C[C@@]2(CC1)CO[C@@H]([C@H]1COC(C)(C)O1)C2. The van der Waals surface area contributed by atoms with E-state index >= 15 is 0 Å². The summed E-state index contributed by atoms with van der Waals surface area (Å²) in [5.74, 6) is -0.442. The lowest BCUT2D eigenvalue weighted by molar-refractivity contribution is -0.151. The van der Waals surface area contributed by atoms with Crippen molar-refractivity contribution >= 4 is 0 Å². The molecule has 0 aromatic carbocycles. The van der Waals surface area contributed by atoms with Gasteiger partial charge < -0.3 is 14.2 Å². The van der Waals surface area contributed by atoms with Crippen molar-refractivity contribution in [1.29, 1.82) is 0 Å². The Hall–Kier alpha value is -0.380. The van der Waals surface area contributed by atoms with Crippen LogP contribution < -0.4 is 0 Å². The molecule has 108 valence electrons.